The lowest BCUT2D eigenvalue weighted by Gasteiger charge is -2.17. The van der Waals surface area contributed by atoms with Crippen LogP contribution in [0.25, 0.3) is 0 Å². The molecule has 0 amide bonds. The van der Waals surface area contributed by atoms with Gasteiger partial charge in [-0.05, 0) is 31.9 Å². The van der Waals surface area contributed by atoms with Crippen LogP contribution in [0.15, 0.2) is 45.7 Å². The topological polar surface area (TPSA) is 49.7 Å². The molecule has 0 aliphatic carbocycles. The van der Waals surface area contributed by atoms with Crippen LogP contribution >= 0.6 is 0 Å². The van der Waals surface area contributed by atoms with Gasteiger partial charge in [0, 0.05) is 4.90 Å². The molecular weight excluding hydrogens is 270 g/mol. The van der Waals surface area contributed by atoms with Crippen molar-refractivity contribution in [2.75, 3.05) is 12.4 Å². The normalized spacial score (nSPS) is 16.3. The molecule has 0 fully saturated rings. The number of allylic oxidation sites excluding steroid dienone is 1. The second-order valence-electron chi connectivity index (χ2n) is 5.29. The summed E-state index contributed by atoms with van der Waals surface area (Å²) in [6.45, 7) is 7.79. The standard InChI is InChI=1S/C16H25NO2S/c1-5-6-11-20(19,17-16(12-18)13(2)3)15-9-7-14(4)8-10-15/h5-10,13,16,18H,11-12H2,1-4H3/b6-5+/t16-,20?/m1/s1. The Balaban J connectivity index is 3.31. The molecule has 0 aromatic heterocycles. The van der Waals surface area contributed by atoms with Gasteiger partial charge in [-0.1, -0.05) is 43.7 Å². The largest absolute Gasteiger partial charge is 0.394 e. The van der Waals surface area contributed by atoms with Crippen LogP contribution < -0.4 is 0 Å². The highest BCUT2D eigenvalue weighted by Crippen LogP contribution is 2.19. The first kappa shape index (κ1) is 16.9. The quantitative estimate of drug-likeness (QED) is 0.818. The van der Waals surface area contributed by atoms with Gasteiger partial charge in [0.15, 0.2) is 0 Å². The van der Waals surface area contributed by atoms with Crippen molar-refractivity contribution in [1.29, 1.82) is 0 Å². The van der Waals surface area contributed by atoms with E-state index in [0.29, 0.717) is 5.75 Å². The molecule has 1 aromatic rings. The van der Waals surface area contributed by atoms with Gasteiger partial charge in [0.2, 0.25) is 0 Å². The minimum absolute atomic E-state index is 0.0731. The van der Waals surface area contributed by atoms with Crippen molar-refractivity contribution in [2.45, 2.75) is 38.6 Å². The first-order valence-electron chi connectivity index (χ1n) is 6.95. The number of aliphatic hydroxyl groups excluding tert-OH is 1. The molecule has 112 valence electrons. The number of rotatable bonds is 6. The molecule has 4 heteroatoms. The summed E-state index contributed by atoms with van der Waals surface area (Å²) < 4.78 is 17.7. The number of benzene rings is 1. The van der Waals surface area contributed by atoms with Crippen LogP contribution in [-0.4, -0.2) is 27.7 Å². The zero-order valence-electron chi connectivity index (χ0n) is 12.7. The Morgan fingerprint density at radius 2 is 1.90 bits per heavy atom. The van der Waals surface area contributed by atoms with E-state index in [1.54, 1.807) is 0 Å². The molecule has 0 bridgehead atoms. The molecule has 1 unspecified atom stereocenters. The third-order valence-corrected chi connectivity index (χ3v) is 5.47. The van der Waals surface area contributed by atoms with Crippen LogP contribution in [0.1, 0.15) is 26.3 Å². The summed E-state index contributed by atoms with van der Waals surface area (Å²) in [6.07, 6.45) is 3.76. The smallest absolute Gasteiger partial charge is 0.0850 e. The Hall–Kier alpha value is -1.13. The molecule has 1 rings (SSSR count). The van der Waals surface area contributed by atoms with Gasteiger partial charge in [-0.15, -0.1) is 0 Å². The van der Waals surface area contributed by atoms with E-state index in [-0.39, 0.29) is 18.6 Å². The van der Waals surface area contributed by atoms with Crippen molar-refractivity contribution in [3.8, 4) is 0 Å². The maximum Gasteiger partial charge on any atom is 0.0850 e. The second kappa shape index (κ2) is 7.60. The van der Waals surface area contributed by atoms with Crippen molar-refractivity contribution < 1.29 is 9.32 Å². The number of aryl methyl sites for hydroxylation is 1. The molecule has 20 heavy (non-hydrogen) atoms. The third-order valence-electron chi connectivity index (χ3n) is 3.21. The van der Waals surface area contributed by atoms with Crippen LogP contribution in [0.4, 0.5) is 0 Å². The average Bonchev–Trinajstić information content (AvgIpc) is 2.43. The zero-order chi connectivity index (χ0) is 15.2. The highest BCUT2D eigenvalue weighted by Gasteiger charge is 2.17. The van der Waals surface area contributed by atoms with Crippen LogP contribution in [0.2, 0.25) is 0 Å². The van der Waals surface area contributed by atoms with Crippen molar-refractivity contribution in [3.05, 3.63) is 42.0 Å². The van der Waals surface area contributed by atoms with Crippen molar-refractivity contribution in [1.82, 2.24) is 0 Å². The zero-order valence-corrected chi connectivity index (χ0v) is 13.6. The molecule has 0 saturated heterocycles. The molecule has 1 aromatic carbocycles. The van der Waals surface area contributed by atoms with Gasteiger partial charge in [0.25, 0.3) is 0 Å². The summed E-state index contributed by atoms with van der Waals surface area (Å²) in [5.41, 5.74) is 1.13. The average molecular weight is 295 g/mol. The highest BCUT2D eigenvalue weighted by atomic mass is 32.2. The molecule has 3 nitrogen and oxygen atoms in total. The lowest BCUT2D eigenvalue weighted by Crippen LogP contribution is -2.21. The van der Waals surface area contributed by atoms with Crippen molar-refractivity contribution in [3.63, 3.8) is 0 Å². The molecular formula is C16H25NO2S. The first-order chi connectivity index (χ1) is 9.42. The predicted molar refractivity (Wildman–Crippen MR) is 85.4 cm³/mol. The first-order valence-corrected chi connectivity index (χ1v) is 8.64. The van der Waals surface area contributed by atoms with Crippen molar-refractivity contribution in [2.24, 2.45) is 10.3 Å². The summed E-state index contributed by atoms with van der Waals surface area (Å²) in [5.74, 6) is 0.548. The maximum absolute atomic E-state index is 13.2. The van der Waals surface area contributed by atoms with Crippen molar-refractivity contribution >= 4 is 9.73 Å². The van der Waals surface area contributed by atoms with Gasteiger partial charge in [-0.25, -0.2) is 8.57 Å². The molecule has 0 aliphatic rings. The van der Waals surface area contributed by atoms with Gasteiger partial charge < -0.3 is 5.11 Å². The Bertz CT molecular complexity index is 552. The monoisotopic (exact) mass is 295 g/mol. The van der Waals surface area contributed by atoms with Crippen LogP contribution in [0.5, 0.6) is 0 Å². The molecule has 0 heterocycles. The van der Waals surface area contributed by atoms with E-state index in [4.69, 9.17) is 0 Å². The number of nitrogens with zero attached hydrogens (tertiary/aromatic N) is 1. The fraction of sp³-hybridized carbons (Fsp3) is 0.500. The Morgan fingerprint density at radius 1 is 1.30 bits per heavy atom. The Morgan fingerprint density at radius 3 is 2.35 bits per heavy atom. The Labute approximate surface area is 122 Å². The van der Waals surface area contributed by atoms with E-state index in [1.807, 2.05) is 64.1 Å². The second-order valence-corrected chi connectivity index (χ2v) is 7.58. The molecule has 1 N–H and O–H groups in total. The van der Waals surface area contributed by atoms with Gasteiger partial charge in [-0.3, -0.25) is 0 Å². The minimum Gasteiger partial charge on any atom is -0.394 e. The maximum atomic E-state index is 13.2. The summed E-state index contributed by atoms with van der Waals surface area (Å²) in [6, 6.07) is 7.35. The molecule has 0 spiro atoms. The molecule has 0 saturated carbocycles. The predicted octanol–water partition coefficient (Wildman–Crippen LogP) is 3.41. The lowest BCUT2D eigenvalue weighted by atomic mass is 10.1. The van der Waals surface area contributed by atoms with E-state index in [1.165, 1.54) is 0 Å². The van der Waals surface area contributed by atoms with Gasteiger partial charge in [-0.2, -0.15) is 0 Å². The van der Waals surface area contributed by atoms with Gasteiger partial charge >= 0.3 is 0 Å². The molecule has 2 atom stereocenters. The van der Waals surface area contributed by atoms with Crippen LogP contribution in [-0.2, 0) is 9.73 Å². The summed E-state index contributed by atoms with van der Waals surface area (Å²) in [4.78, 5) is 0.736. The highest BCUT2D eigenvalue weighted by molar-refractivity contribution is 7.93. The van der Waals surface area contributed by atoms with Gasteiger partial charge in [0.1, 0.15) is 0 Å². The van der Waals surface area contributed by atoms with E-state index < -0.39 is 9.73 Å². The summed E-state index contributed by atoms with van der Waals surface area (Å²) in [5, 5.41) is 9.44. The van der Waals surface area contributed by atoms with E-state index in [2.05, 4.69) is 4.36 Å². The number of aliphatic hydroxyl groups is 1. The molecule has 0 radical (unpaired) electrons. The Kier molecular flexibility index (Phi) is 6.43. The van der Waals surface area contributed by atoms with Gasteiger partial charge in [0.05, 0.1) is 28.1 Å². The van der Waals surface area contributed by atoms with E-state index >= 15 is 0 Å². The van der Waals surface area contributed by atoms with Crippen LogP contribution in [0, 0.1) is 12.8 Å². The summed E-state index contributed by atoms with van der Waals surface area (Å²) in [7, 11) is -2.52. The minimum atomic E-state index is -2.52. The number of hydrogen-bond acceptors (Lipinski definition) is 3. The summed E-state index contributed by atoms with van der Waals surface area (Å²) >= 11 is 0. The van der Waals surface area contributed by atoms with E-state index in [0.717, 1.165) is 10.5 Å². The van der Waals surface area contributed by atoms with Crippen LogP contribution in [0.3, 0.4) is 0 Å². The third kappa shape index (κ3) is 4.46. The fourth-order valence-electron chi connectivity index (χ4n) is 1.76. The lowest BCUT2D eigenvalue weighted by molar-refractivity contribution is 0.241. The number of hydrogen-bond donors (Lipinski definition) is 1. The molecule has 0 aliphatic heterocycles. The SMILES string of the molecule is C/C=C/CS(=O)(=N[C@H](CO)C(C)C)c1ccc(C)cc1. The fourth-order valence-corrected chi connectivity index (χ4v) is 3.92. The van der Waals surface area contributed by atoms with E-state index in [9.17, 15) is 9.32 Å².